The summed E-state index contributed by atoms with van der Waals surface area (Å²) in [5.41, 5.74) is 10.8. The molecule has 1 aromatic heterocycles. The first-order chi connectivity index (χ1) is 20.5. The molecule has 6 rings (SSSR count). The molecule has 2 aliphatic heterocycles. The zero-order chi connectivity index (χ0) is 29.1. The second-order valence-corrected chi connectivity index (χ2v) is 10.00. The van der Waals surface area contributed by atoms with Gasteiger partial charge >= 0.3 is 0 Å². The second-order valence-electron chi connectivity index (χ2n) is 10.00. The van der Waals surface area contributed by atoms with Gasteiger partial charge in [-0.2, -0.15) is 0 Å². The van der Waals surface area contributed by atoms with Crippen molar-refractivity contribution >= 4 is 22.8 Å². The highest BCUT2D eigenvalue weighted by atomic mass is 16.1. The van der Waals surface area contributed by atoms with Gasteiger partial charge in [0.1, 0.15) is 11.7 Å². The predicted molar refractivity (Wildman–Crippen MR) is 171 cm³/mol. The third-order valence-electron chi connectivity index (χ3n) is 7.30. The Bertz CT molecular complexity index is 1940. The van der Waals surface area contributed by atoms with Crippen molar-refractivity contribution in [1.82, 2.24) is 14.8 Å². The minimum absolute atomic E-state index is 0.136. The molecule has 3 heterocycles. The lowest BCUT2D eigenvalue weighted by Gasteiger charge is -2.30. The van der Waals surface area contributed by atoms with Crippen LogP contribution in [-0.4, -0.2) is 35.1 Å². The standard InChI is InChI=1S/C35H30N6O/c1-24(39-33(37-2)32-29(36)19-22-40-21-10-20-38-34(32)40)30-23-27-14-9-13-26(18-17-25-11-5-3-6-12-25)31(27)35(42)41(30)28-15-7-4-8-16-28/h3-16,19-21,23-24H,22,36H2,1-2H3,(H,37,39). The summed E-state index contributed by atoms with van der Waals surface area (Å²) in [7, 11) is 1.72. The van der Waals surface area contributed by atoms with Crippen molar-refractivity contribution < 1.29 is 0 Å². The van der Waals surface area contributed by atoms with E-state index in [1.807, 2.05) is 115 Å². The number of hydrogen-bond acceptors (Lipinski definition) is 5. The normalized spacial score (nSPS) is 15.1. The number of benzene rings is 3. The van der Waals surface area contributed by atoms with E-state index in [0.717, 1.165) is 33.7 Å². The number of nitrogens with two attached hydrogens (primary N) is 1. The van der Waals surface area contributed by atoms with Crippen molar-refractivity contribution in [3.8, 4) is 17.5 Å². The molecule has 0 aliphatic carbocycles. The number of para-hydroxylation sites is 1. The summed E-state index contributed by atoms with van der Waals surface area (Å²) in [6.45, 7) is 2.65. The Morgan fingerprint density at radius 1 is 1.02 bits per heavy atom. The molecule has 0 bridgehead atoms. The number of amidine groups is 1. The molecule has 1 unspecified atom stereocenters. The van der Waals surface area contributed by atoms with Gasteiger partial charge in [-0.15, -0.1) is 0 Å². The number of hydrogen-bond donors (Lipinski definition) is 2. The van der Waals surface area contributed by atoms with Crippen LogP contribution in [0.2, 0.25) is 0 Å². The lowest BCUT2D eigenvalue weighted by atomic mass is 10.0. The first-order valence-corrected chi connectivity index (χ1v) is 13.8. The third-order valence-corrected chi connectivity index (χ3v) is 7.30. The zero-order valence-electron chi connectivity index (χ0n) is 23.5. The number of rotatable bonds is 4. The first-order valence-electron chi connectivity index (χ1n) is 13.8. The number of fused-ring (bicyclic) bond motifs is 2. The Morgan fingerprint density at radius 3 is 2.55 bits per heavy atom. The molecule has 7 heteroatoms. The van der Waals surface area contributed by atoms with E-state index < -0.39 is 0 Å². The Morgan fingerprint density at radius 2 is 1.79 bits per heavy atom. The van der Waals surface area contributed by atoms with Crippen LogP contribution in [0.4, 0.5) is 0 Å². The van der Waals surface area contributed by atoms with Crippen molar-refractivity contribution in [3.05, 3.63) is 148 Å². The lowest BCUT2D eigenvalue weighted by Crippen LogP contribution is -2.37. The molecule has 4 aromatic rings. The molecular formula is C35H30N6O. The van der Waals surface area contributed by atoms with Crippen LogP contribution < -0.4 is 16.6 Å². The highest BCUT2D eigenvalue weighted by Gasteiger charge is 2.26. The van der Waals surface area contributed by atoms with Crippen LogP contribution in [0.1, 0.15) is 29.8 Å². The van der Waals surface area contributed by atoms with Crippen LogP contribution in [0.15, 0.2) is 135 Å². The van der Waals surface area contributed by atoms with Gasteiger partial charge in [-0.25, -0.2) is 4.99 Å². The van der Waals surface area contributed by atoms with E-state index in [1.165, 1.54) is 0 Å². The minimum Gasteiger partial charge on any atom is -0.398 e. The molecule has 2 aliphatic rings. The van der Waals surface area contributed by atoms with Crippen LogP contribution in [0, 0.1) is 11.8 Å². The maximum absolute atomic E-state index is 14.3. The fraction of sp³-hybridized carbons (Fsp3) is 0.114. The van der Waals surface area contributed by atoms with Crippen molar-refractivity contribution in [2.24, 2.45) is 15.7 Å². The number of allylic oxidation sites excluding steroid dienone is 1. The molecule has 0 fully saturated rings. The average Bonchev–Trinajstić information content (AvgIpc) is 3.03. The number of nitrogens with one attached hydrogen (secondary N) is 1. The molecule has 3 N–H and O–H groups in total. The largest absolute Gasteiger partial charge is 0.398 e. The smallest absolute Gasteiger partial charge is 0.264 e. The summed E-state index contributed by atoms with van der Waals surface area (Å²) in [5.74, 6) is 7.78. The van der Waals surface area contributed by atoms with E-state index >= 15 is 0 Å². The fourth-order valence-electron chi connectivity index (χ4n) is 5.26. The van der Waals surface area contributed by atoms with Gasteiger partial charge in [0.25, 0.3) is 5.56 Å². The second kappa shape index (κ2) is 11.5. The van der Waals surface area contributed by atoms with Gasteiger partial charge in [0, 0.05) is 54.2 Å². The number of aromatic nitrogens is 1. The maximum atomic E-state index is 14.3. The topological polar surface area (TPSA) is 88.0 Å². The lowest BCUT2D eigenvalue weighted by molar-refractivity contribution is 0.494. The molecule has 0 saturated heterocycles. The van der Waals surface area contributed by atoms with E-state index in [4.69, 9.17) is 5.73 Å². The Balaban J connectivity index is 1.48. The van der Waals surface area contributed by atoms with Crippen molar-refractivity contribution in [1.29, 1.82) is 0 Å². The Kier molecular flexibility index (Phi) is 7.27. The van der Waals surface area contributed by atoms with E-state index in [0.29, 0.717) is 29.0 Å². The number of pyridine rings is 1. The summed E-state index contributed by atoms with van der Waals surface area (Å²) >= 11 is 0. The van der Waals surface area contributed by atoms with E-state index in [1.54, 1.807) is 17.8 Å². The minimum atomic E-state index is -0.320. The summed E-state index contributed by atoms with van der Waals surface area (Å²) < 4.78 is 1.76. The van der Waals surface area contributed by atoms with E-state index in [2.05, 4.69) is 27.1 Å². The van der Waals surface area contributed by atoms with E-state index in [9.17, 15) is 4.79 Å². The molecule has 0 radical (unpaired) electrons. The summed E-state index contributed by atoms with van der Waals surface area (Å²) in [5, 5.41) is 4.93. The van der Waals surface area contributed by atoms with Gasteiger partial charge < -0.3 is 16.0 Å². The van der Waals surface area contributed by atoms with E-state index in [-0.39, 0.29) is 11.6 Å². The van der Waals surface area contributed by atoms with Crippen LogP contribution in [0.25, 0.3) is 16.5 Å². The summed E-state index contributed by atoms with van der Waals surface area (Å²) in [6.07, 6.45) is 7.56. The summed E-state index contributed by atoms with van der Waals surface area (Å²) in [4.78, 5) is 25.5. The molecular weight excluding hydrogens is 520 g/mol. The predicted octanol–water partition coefficient (Wildman–Crippen LogP) is 5.04. The van der Waals surface area contributed by atoms with Crippen molar-refractivity contribution in [2.45, 2.75) is 13.0 Å². The first kappa shape index (κ1) is 26.6. The van der Waals surface area contributed by atoms with Gasteiger partial charge in [-0.05, 0) is 60.9 Å². The van der Waals surface area contributed by atoms with Gasteiger partial charge in [0.15, 0.2) is 0 Å². The quantitative estimate of drug-likeness (QED) is 0.212. The Labute approximate surface area is 244 Å². The number of aliphatic imine (C=N–C) groups is 2. The molecule has 1 atom stereocenters. The van der Waals surface area contributed by atoms with Crippen LogP contribution in [-0.2, 0) is 0 Å². The van der Waals surface area contributed by atoms with Gasteiger partial charge in [0.2, 0.25) is 0 Å². The van der Waals surface area contributed by atoms with Crippen molar-refractivity contribution in [2.75, 3.05) is 13.6 Å². The zero-order valence-corrected chi connectivity index (χ0v) is 23.5. The van der Waals surface area contributed by atoms with Gasteiger partial charge in [0.05, 0.1) is 17.0 Å². The van der Waals surface area contributed by atoms with Crippen LogP contribution >= 0.6 is 0 Å². The third kappa shape index (κ3) is 5.02. The Hall–Kier alpha value is -5.61. The monoisotopic (exact) mass is 550 g/mol. The SMILES string of the molecule is CN=C(NC(C)c1cc2cccc(C#Cc3ccccc3)c2c(=O)n1-c1ccccc1)C1=C2N=CC=CN2CC=C1N. The van der Waals surface area contributed by atoms with Crippen LogP contribution in [0.5, 0.6) is 0 Å². The molecule has 42 heavy (non-hydrogen) atoms. The van der Waals surface area contributed by atoms with Gasteiger partial charge in [-0.3, -0.25) is 14.4 Å². The molecule has 7 nitrogen and oxygen atoms in total. The highest BCUT2D eigenvalue weighted by Crippen LogP contribution is 2.27. The number of nitrogens with zero attached hydrogens (tertiary/aromatic N) is 4. The molecule has 3 aromatic carbocycles. The van der Waals surface area contributed by atoms with Crippen molar-refractivity contribution in [3.63, 3.8) is 0 Å². The molecule has 206 valence electrons. The molecule has 0 spiro atoms. The maximum Gasteiger partial charge on any atom is 0.264 e. The van der Waals surface area contributed by atoms with Gasteiger partial charge in [-0.1, -0.05) is 60.4 Å². The average molecular weight is 551 g/mol. The van der Waals surface area contributed by atoms with Crippen LogP contribution in [0.3, 0.4) is 0 Å². The summed E-state index contributed by atoms with van der Waals surface area (Å²) in [6, 6.07) is 27.0. The molecule has 0 saturated carbocycles. The highest BCUT2D eigenvalue weighted by molar-refractivity contribution is 6.03. The fourth-order valence-corrected chi connectivity index (χ4v) is 5.26. The molecule has 0 amide bonds.